The number of amides is 1. The van der Waals surface area contributed by atoms with E-state index in [0.29, 0.717) is 16.6 Å². The first kappa shape index (κ1) is 16.3. The predicted octanol–water partition coefficient (Wildman–Crippen LogP) is 4.32. The minimum atomic E-state index is -0.0390. The van der Waals surface area contributed by atoms with Crippen molar-refractivity contribution >= 4 is 34.6 Å². The Kier molecular flexibility index (Phi) is 4.71. The van der Waals surface area contributed by atoms with Crippen molar-refractivity contribution in [1.82, 2.24) is 4.90 Å². The largest absolute Gasteiger partial charge is 0.508 e. The second-order valence-electron chi connectivity index (χ2n) is 5.43. The zero-order valence-electron chi connectivity index (χ0n) is 13.6. The Labute approximate surface area is 145 Å². The number of carbonyl (C=O) groups is 1. The number of phenolic OH excluding ortho intramolecular Hbond substituents is 1. The highest BCUT2D eigenvalue weighted by Gasteiger charge is 2.32. The molecule has 1 N–H and O–H groups in total. The van der Waals surface area contributed by atoms with Crippen LogP contribution in [-0.2, 0) is 4.79 Å². The van der Waals surface area contributed by atoms with Crippen molar-refractivity contribution in [2.45, 2.75) is 13.8 Å². The number of nitrogens with zero attached hydrogens (tertiary/aromatic N) is 2. The van der Waals surface area contributed by atoms with Crippen molar-refractivity contribution in [3.05, 3.63) is 64.6 Å². The molecule has 0 unspecified atom stereocenters. The zero-order chi connectivity index (χ0) is 17.1. The molecule has 0 aliphatic carbocycles. The number of likely N-dealkylation sites (N-methyl/N-ethyl adjacent to an activating group) is 1. The fraction of sp³-hybridized carbons (Fsp3) is 0.158. The van der Waals surface area contributed by atoms with E-state index in [1.807, 2.05) is 44.2 Å². The van der Waals surface area contributed by atoms with Crippen molar-refractivity contribution in [3.63, 3.8) is 0 Å². The minimum absolute atomic E-state index is 0.0390. The maximum absolute atomic E-state index is 12.6. The smallest absolute Gasteiger partial charge is 0.266 e. The number of phenols is 1. The molecule has 3 rings (SSSR count). The lowest BCUT2D eigenvalue weighted by Crippen LogP contribution is -2.28. The van der Waals surface area contributed by atoms with Gasteiger partial charge in [-0.15, -0.1) is 0 Å². The average Bonchev–Trinajstić information content (AvgIpc) is 2.87. The van der Waals surface area contributed by atoms with Gasteiger partial charge in [0.1, 0.15) is 5.75 Å². The van der Waals surface area contributed by atoms with Gasteiger partial charge in [-0.05, 0) is 61.0 Å². The average molecular weight is 338 g/mol. The van der Waals surface area contributed by atoms with E-state index in [4.69, 9.17) is 0 Å². The van der Waals surface area contributed by atoms with E-state index in [-0.39, 0.29) is 11.7 Å². The van der Waals surface area contributed by atoms with Gasteiger partial charge in [-0.3, -0.25) is 9.69 Å². The van der Waals surface area contributed by atoms with E-state index in [9.17, 15) is 9.90 Å². The second kappa shape index (κ2) is 6.93. The lowest BCUT2D eigenvalue weighted by molar-refractivity contribution is -0.122. The summed E-state index contributed by atoms with van der Waals surface area (Å²) in [5, 5.41) is 10.1. The van der Waals surface area contributed by atoms with Crippen LogP contribution in [0.5, 0.6) is 5.75 Å². The molecule has 122 valence electrons. The van der Waals surface area contributed by atoms with Crippen LogP contribution in [0.1, 0.15) is 18.1 Å². The first-order valence-corrected chi connectivity index (χ1v) is 8.55. The van der Waals surface area contributed by atoms with Crippen LogP contribution < -0.4 is 0 Å². The quantitative estimate of drug-likeness (QED) is 0.848. The maximum atomic E-state index is 12.6. The van der Waals surface area contributed by atoms with Crippen LogP contribution in [0, 0.1) is 6.92 Å². The number of para-hydroxylation sites is 1. The third-order valence-corrected chi connectivity index (χ3v) is 4.73. The van der Waals surface area contributed by atoms with Crippen molar-refractivity contribution < 1.29 is 9.90 Å². The number of amidine groups is 1. The summed E-state index contributed by atoms with van der Waals surface area (Å²) in [7, 11) is 0. The van der Waals surface area contributed by atoms with Crippen LogP contribution in [-0.4, -0.2) is 27.6 Å². The molecule has 1 aliphatic heterocycles. The first-order valence-electron chi connectivity index (χ1n) is 7.73. The van der Waals surface area contributed by atoms with Gasteiger partial charge in [0.05, 0.1) is 10.6 Å². The molecule has 1 fully saturated rings. The Bertz CT molecular complexity index is 826. The predicted molar refractivity (Wildman–Crippen MR) is 99.3 cm³/mol. The topological polar surface area (TPSA) is 52.9 Å². The van der Waals surface area contributed by atoms with Gasteiger partial charge in [0.2, 0.25) is 0 Å². The van der Waals surface area contributed by atoms with E-state index in [1.54, 1.807) is 29.2 Å². The molecular formula is C19H18N2O2S. The number of carbonyl (C=O) groups excluding carboxylic acids is 1. The van der Waals surface area contributed by atoms with Gasteiger partial charge in [-0.1, -0.05) is 30.3 Å². The Morgan fingerprint density at radius 3 is 2.54 bits per heavy atom. The number of aryl methyl sites for hydroxylation is 1. The third-order valence-electron chi connectivity index (χ3n) is 3.73. The molecule has 5 heteroatoms. The summed E-state index contributed by atoms with van der Waals surface area (Å²) in [6, 6.07) is 14.6. The summed E-state index contributed by atoms with van der Waals surface area (Å²) < 4.78 is 0. The van der Waals surface area contributed by atoms with Gasteiger partial charge in [-0.2, -0.15) is 0 Å². The fourth-order valence-corrected chi connectivity index (χ4v) is 3.44. The lowest BCUT2D eigenvalue weighted by Gasteiger charge is -2.12. The molecule has 0 spiro atoms. The van der Waals surface area contributed by atoms with E-state index >= 15 is 0 Å². The van der Waals surface area contributed by atoms with Crippen LogP contribution in [0.3, 0.4) is 0 Å². The van der Waals surface area contributed by atoms with E-state index in [2.05, 4.69) is 4.99 Å². The number of hydrogen-bond donors (Lipinski definition) is 1. The second-order valence-corrected chi connectivity index (χ2v) is 6.44. The minimum Gasteiger partial charge on any atom is -0.508 e. The number of benzene rings is 2. The van der Waals surface area contributed by atoms with Crippen LogP contribution in [0.25, 0.3) is 6.08 Å². The molecule has 24 heavy (non-hydrogen) atoms. The summed E-state index contributed by atoms with van der Waals surface area (Å²) in [6.07, 6.45) is 1.83. The lowest BCUT2D eigenvalue weighted by atomic mass is 10.2. The molecule has 1 saturated heterocycles. The molecule has 4 nitrogen and oxygen atoms in total. The molecule has 1 amide bonds. The van der Waals surface area contributed by atoms with Gasteiger partial charge >= 0.3 is 0 Å². The molecule has 1 heterocycles. The maximum Gasteiger partial charge on any atom is 0.266 e. The highest BCUT2D eigenvalue weighted by Crippen LogP contribution is 2.34. The Morgan fingerprint density at radius 1 is 1.17 bits per heavy atom. The third kappa shape index (κ3) is 3.36. The Morgan fingerprint density at radius 2 is 1.88 bits per heavy atom. The molecule has 0 bridgehead atoms. The van der Waals surface area contributed by atoms with Crippen molar-refractivity contribution in [2.75, 3.05) is 6.54 Å². The van der Waals surface area contributed by atoms with Crippen LogP contribution in [0.15, 0.2) is 58.4 Å². The molecule has 2 aromatic carbocycles. The van der Waals surface area contributed by atoms with Gasteiger partial charge < -0.3 is 5.11 Å². The van der Waals surface area contributed by atoms with Gasteiger partial charge in [-0.25, -0.2) is 4.99 Å². The van der Waals surface area contributed by atoms with E-state index < -0.39 is 0 Å². The number of aliphatic imine (C=N–C) groups is 1. The first-order chi connectivity index (χ1) is 11.6. The zero-order valence-corrected chi connectivity index (χ0v) is 14.4. The van der Waals surface area contributed by atoms with Gasteiger partial charge in [0, 0.05) is 6.54 Å². The monoisotopic (exact) mass is 338 g/mol. The molecule has 0 saturated carbocycles. The normalized spacial score (nSPS) is 17.9. The number of aromatic hydroxyl groups is 1. The number of thioether (sulfide) groups is 1. The van der Waals surface area contributed by atoms with Gasteiger partial charge in [0.15, 0.2) is 5.17 Å². The standard InChI is InChI=1S/C19H18N2O2S/c1-3-21-18(23)17(12-14-8-10-15(22)11-9-14)24-19(21)20-16-7-5-4-6-13(16)2/h4-12,22H,3H2,1-2H3/b17-12+,20-19?. The summed E-state index contributed by atoms with van der Waals surface area (Å²) in [5.74, 6) is 0.169. The van der Waals surface area contributed by atoms with Crippen molar-refractivity contribution in [2.24, 2.45) is 4.99 Å². The molecule has 1 aliphatic rings. The van der Waals surface area contributed by atoms with E-state index in [0.717, 1.165) is 16.8 Å². The Hall–Kier alpha value is -2.53. The Balaban J connectivity index is 1.94. The highest BCUT2D eigenvalue weighted by atomic mass is 32.2. The summed E-state index contributed by atoms with van der Waals surface area (Å²) in [4.78, 5) is 19.6. The molecule has 2 aromatic rings. The number of hydrogen-bond acceptors (Lipinski definition) is 4. The van der Waals surface area contributed by atoms with Crippen molar-refractivity contribution in [3.8, 4) is 5.75 Å². The fourth-order valence-electron chi connectivity index (χ4n) is 2.38. The van der Waals surface area contributed by atoms with Crippen molar-refractivity contribution in [1.29, 1.82) is 0 Å². The molecule has 0 radical (unpaired) electrons. The molecule has 0 aromatic heterocycles. The summed E-state index contributed by atoms with van der Waals surface area (Å²) in [6.45, 7) is 4.52. The molecular weight excluding hydrogens is 320 g/mol. The van der Waals surface area contributed by atoms with E-state index in [1.165, 1.54) is 11.8 Å². The summed E-state index contributed by atoms with van der Waals surface area (Å²) >= 11 is 1.38. The number of rotatable bonds is 3. The van der Waals surface area contributed by atoms with Gasteiger partial charge in [0.25, 0.3) is 5.91 Å². The summed E-state index contributed by atoms with van der Waals surface area (Å²) in [5.41, 5.74) is 2.82. The SMILES string of the molecule is CCN1C(=O)/C(=C\c2ccc(O)cc2)SC1=Nc1ccccc1C. The highest BCUT2D eigenvalue weighted by molar-refractivity contribution is 8.18. The van der Waals surface area contributed by atoms with Crippen LogP contribution >= 0.6 is 11.8 Å². The van der Waals surface area contributed by atoms with Crippen LogP contribution in [0.2, 0.25) is 0 Å². The molecule has 0 atom stereocenters. The van der Waals surface area contributed by atoms with Crippen LogP contribution in [0.4, 0.5) is 5.69 Å².